The second-order valence-electron chi connectivity index (χ2n) is 3.99. The second-order valence-corrected chi connectivity index (χ2v) is 3.99. The van der Waals surface area contributed by atoms with Crippen molar-refractivity contribution >= 4 is 5.82 Å². The first-order valence-electron chi connectivity index (χ1n) is 5.44. The summed E-state index contributed by atoms with van der Waals surface area (Å²) in [7, 11) is 0. The molecular formula is C10H13F3N4. The number of halogens is 3. The van der Waals surface area contributed by atoms with Gasteiger partial charge in [-0.3, -0.25) is 0 Å². The van der Waals surface area contributed by atoms with Crippen LogP contribution in [0.3, 0.4) is 0 Å². The normalized spacial score (nSPS) is 21.2. The Kier molecular flexibility index (Phi) is 3.46. The minimum absolute atomic E-state index is 0.204. The van der Waals surface area contributed by atoms with Crippen LogP contribution in [0, 0.1) is 0 Å². The van der Waals surface area contributed by atoms with Crippen LogP contribution in [0.4, 0.5) is 19.0 Å². The van der Waals surface area contributed by atoms with Crippen LogP contribution in [0.2, 0.25) is 0 Å². The van der Waals surface area contributed by atoms with Gasteiger partial charge in [0.1, 0.15) is 5.82 Å². The van der Waals surface area contributed by atoms with Gasteiger partial charge in [-0.1, -0.05) is 0 Å². The number of rotatable bonds is 2. The smallest absolute Gasteiger partial charge is 0.365 e. The standard InChI is InChI=1S/C10H13F3N4/c11-10(12,13)8-3-4-9(17-16-8)15-7-2-1-5-14-6-7/h3-4,7,14H,1-2,5-6H2,(H,15,17). The van der Waals surface area contributed by atoms with Gasteiger partial charge in [0.2, 0.25) is 0 Å². The summed E-state index contributed by atoms with van der Waals surface area (Å²) >= 11 is 0. The molecular weight excluding hydrogens is 233 g/mol. The number of nitrogens with zero attached hydrogens (tertiary/aromatic N) is 2. The number of anilines is 1. The molecule has 0 amide bonds. The van der Waals surface area contributed by atoms with Gasteiger partial charge in [0.05, 0.1) is 0 Å². The van der Waals surface area contributed by atoms with E-state index in [1.807, 2.05) is 0 Å². The van der Waals surface area contributed by atoms with Crippen molar-refractivity contribution in [2.45, 2.75) is 25.1 Å². The molecule has 0 radical (unpaired) electrons. The van der Waals surface area contributed by atoms with E-state index in [4.69, 9.17) is 0 Å². The first kappa shape index (κ1) is 12.1. The zero-order chi connectivity index (χ0) is 12.3. The van der Waals surface area contributed by atoms with Crippen molar-refractivity contribution in [3.8, 4) is 0 Å². The van der Waals surface area contributed by atoms with E-state index in [2.05, 4.69) is 20.8 Å². The summed E-state index contributed by atoms with van der Waals surface area (Å²) in [6.45, 7) is 1.78. The van der Waals surface area contributed by atoms with Gasteiger partial charge in [-0.2, -0.15) is 13.2 Å². The summed E-state index contributed by atoms with van der Waals surface area (Å²) in [5, 5.41) is 12.9. The molecule has 2 heterocycles. The summed E-state index contributed by atoms with van der Waals surface area (Å²) in [6.07, 6.45) is -2.40. The fourth-order valence-electron chi connectivity index (χ4n) is 1.74. The van der Waals surface area contributed by atoms with E-state index in [0.717, 1.165) is 32.0 Å². The highest BCUT2D eigenvalue weighted by Crippen LogP contribution is 2.27. The van der Waals surface area contributed by atoms with Gasteiger partial charge in [0.25, 0.3) is 0 Å². The maximum atomic E-state index is 12.2. The number of aromatic nitrogens is 2. The molecule has 2 N–H and O–H groups in total. The summed E-state index contributed by atoms with van der Waals surface area (Å²) in [5.41, 5.74) is -0.968. The third-order valence-corrected chi connectivity index (χ3v) is 2.60. The average molecular weight is 246 g/mol. The number of piperidine rings is 1. The van der Waals surface area contributed by atoms with E-state index < -0.39 is 11.9 Å². The Morgan fingerprint density at radius 1 is 1.29 bits per heavy atom. The first-order valence-corrected chi connectivity index (χ1v) is 5.44. The van der Waals surface area contributed by atoms with Gasteiger partial charge in [0.15, 0.2) is 5.69 Å². The summed E-state index contributed by atoms with van der Waals surface area (Å²) in [5.74, 6) is 0.381. The Morgan fingerprint density at radius 2 is 2.12 bits per heavy atom. The molecule has 0 saturated carbocycles. The monoisotopic (exact) mass is 246 g/mol. The van der Waals surface area contributed by atoms with Crippen LogP contribution in [0.15, 0.2) is 12.1 Å². The summed E-state index contributed by atoms with van der Waals surface area (Å²) in [6, 6.07) is 2.45. The zero-order valence-corrected chi connectivity index (χ0v) is 9.09. The van der Waals surface area contributed by atoms with Gasteiger partial charge in [-0.05, 0) is 31.5 Å². The van der Waals surface area contributed by atoms with Crippen LogP contribution in [0.25, 0.3) is 0 Å². The lowest BCUT2D eigenvalue weighted by Crippen LogP contribution is -2.38. The SMILES string of the molecule is FC(F)(F)c1ccc(NC2CCCNC2)nn1. The van der Waals surface area contributed by atoms with Gasteiger partial charge in [-0.15, -0.1) is 10.2 Å². The molecule has 17 heavy (non-hydrogen) atoms. The lowest BCUT2D eigenvalue weighted by atomic mass is 10.1. The molecule has 94 valence electrons. The molecule has 1 aliphatic rings. The van der Waals surface area contributed by atoms with Gasteiger partial charge in [-0.25, -0.2) is 0 Å². The third-order valence-electron chi connectivity index (χ3n) is 2.60. The molecule has 1 fully saturated rings. The Balaban J connectivity index is 1.98. The Hall–Kier alpha value is -1.37. The quantitative estimate of drug-likeness (QED) is 0.833. The summed E-state index contributed by atoms with van der Waals surface area (Å²) < 4.78 is 36.7. The number of nitrogens with one attached hydrogen (secondary N) is 2. The van der Waals surface area contributed by atoms with Crippen molar-refractivity contribution in [2.24, 2.45) is 0 Å². The topological polar surface area (TPSA) is 49.8 Å². The molecule has 1 saturated heterocycles. The van der Waals surface area contributed by atoms with E-state index in [1.54, 1.807) is 0 Å². The van der Waals surface area contributed by atoms with Crippen molar-refractivity contribution in [3.63, 3.8) is 0 Å². The van der Waals surface area contributed by atoms with Crippen LogP contribution in [-0.2, 0) is 6.18 Å². The van der Waals surface area contributed by atoms with Crippen LogP contribution < -0.4 is 10.6 Å². The molecule has 0 aliphatic carbocycles. The highest BCUT2D eigenvalue weighted by Gasteiger charge is 2.32. The van der Waals surface area contributed by atoms with E-state index in [1.165, 1.54) is 6.07 Å². The Bertz CT molecular complexity index is 357. The fraction of sp³-hybridized carbons (Fsp3) is 0.600. The minimum atomic E-state index is -4.43. The second kappa shape index (κ2) is 4.87. The average Bonchev–Trinajstić information content (AvgIpc) is 2.30. The molecule has 1 aromatic rings. The van der Waals surface area contributed by atoms with E-state index in [9.17, 15) is 13.2 Å². The van der Waals surface area contributed by atoms with Gasteiger partial charge in [0, 0.05) is 12.6 Å². The zero-order valence-electron chi connectivity index (χ0n) is 9.09. The third kappa shape index (κ3) is 3.29. The molecule has 1 atom stereocenters. The maximum absolute atomic E-state index is 12.2. The molecule has 0 aromatic carbocycles. The molecule has 1 unspecified atom stereocenters. The van der Waals surface area contributed by atoms with Crippen molar-refractivity contribution in [2.75, 3.05) is 18.4 Å². The van der Waals surface area contributed by atoms with Crippen LogP contribution >= 0.6 is 0 Å². The number of hydrogen-bond donors (Lipinski definition) is 2. The molecule has 4 nitrogen and oxygen atoms in total. The van der Waals surface area contributed by atoms with Gasteiger partial charge >= 0.3 is 6.18 Å². The highest BCUT2D eigenvalue weighted by molar-refractivity contribution is 5.34. The molecule has 1 aliphatic heterocycles. The predicted molar refractivity (Wildman–Crippen MR) is 56.5 cm³/mol. The summed E-state index contributed by atoms with van der Waals surface area (Å²) in [4.78, 5) is 0. The minimum Gasteiger partial charge on any atom is -0.365 e. The molecule has 2 rings (SSSR count). The lowest BCUT2D eigenvalue weighted by Gasteiger charge is -2.24. The van der Waals surface area contributed by atoms with Gasteiger partial charge < -0.3 is 10.6 Å². The Labute approximate surface area is 96.6 Å². The fourth-order valence-corrected chi connectivity index (χ4v) is 1.74. The van der Waals surface area contributed by atoms with Crippen LogP contribution in [0.5, 0.6) is 0 Å². The highest BCUT2D eigenvalue weighted by atomic mass is 19.4. The van der Waals surface area contributed by atoms with Crippen LogP contribution in [0.1, 0.15) is 18.5 Å². The van der Waals surface area contributed by atoms with Crippen molar-refractivity contribution < 1.29 is 13.2 Å². The van der Waals surface area contributed by atoms with E-state index >= 15 is 0 Å². The molecule has 0 spiro atoms. The van der Waals surface area contributed by atoms with Crippen molar-refractivity contribution in [3.05, 3.63) is 17.8 Å². The van der Waals surface area contributed by atoms with E-state index in [0.29, 0.717) is 5.82 Å². The predicted octanol–water partition coefficient (Wildman–Crippen LogP) is 1.66. The lowest BCUT2D eigenvalue weighted by molar-refractivity contribution is -0.141. The number of alkyl halides is 3. The van der Waals surface area contributed by atoms with E-state index in [-0.39, 0.29) is 6.04 Å². The largest absolute Gasteiger partial charge is 0.435 e. The first-order chi connectivity index (χ1) is 8.05. The van der Waals surface area contributed by atoms with Crippen molar-refractivity contribution in [1.29, 1.82) is 0 Å². The molecule has 7 heteroatoms. The Morgan fingerprint density at radius 3 is 2.65 bits per heavy atom. The molecule has 0 bridgehead atoms. The number of hydrogen-bond acceptors (Lipinski definition) is 4. The maximum Gasteiger partial charge on any atom is 0.435 e. The van der Waals surface area contributed by atoms with Crippen molar-refractivity contribution in [1.82, 2.24) is 15.5 Å². The molecule has 1 aromatic heterocycles. The van der Waals surface area contributed by atoms with Crippen LogP contribution in [-0.4, -0.2) is 29.3 Å².